The highest BCUT2D eigenvalue weighted by Crippen LogP contribution is 2.30. The summed E-state index contributed by atoms with van der Waals surface area (Å²) in [6.45, 7) is 4.66. The highest BCUT2D eigenvalue weighted by molar-refractivity contribution is 5.68. The van der Waals surface area contributed by atoms with E-state index in [1.807, 2.05) is 0 Å². The molecule has 0 aromatic heterocycles. The van der Waals surface area contributed by atoms with Gasteiger partial charge in [-0.05, 0) is 12.8 Å². The van der Waals surface area contributed by atoms with E-state index in [2.05, 4.69) is 0 Å². The van der Waals surface area contributed by atoms with Gasteiger partial charge in [0.1, 0.15) is 12.7 Å². The van der Waals surface area contributed by atoms with E-state index in [0.29, 0.717) is 12.8 Å². The van der Waals surface area contributed by atoms with Crippen molar-refractivity contribution in [3.8, 4) is 0 Å². The first-order valence-corrected chi connectivity index (χ1v) is 12.6. The van der Waals surface area contributed by atoms with Gasteiger partial charge in [-0.15, -0.1) is 0 Å². The predicted molar refractivity (Wildman–Crippen MR) is 127 cm³/mol. The van der Waals surface area contributed by atoms with Crippen LogP contribution in [0.4, 0.5) is 0 Å². The van der Waals surface area contributed by atoms with Crippen LogP contribution < -0.4 is 0 Å². The lowest BCUT2D eigenvalue weighted by Gasteiger charge is -2.44. The zero-order valence-electron chi connectivity index (χ0n) is 22.1. The minimum Gasteiger partial charge on any atom is -0.481 e. The van der Waals surface area contributed by atoms with E-state index in [1.165, 1.54) is 13.8 Å². The van der Waals surface area contributed by atoms with Crippen LogP contribution in [0.5, 0.6) is 0 Å². The number of hydrogen-bond donors (Lipinski definition) is 1. The fraction of sp³-hybridized carbons (Fsp3) is 0.800. The van der Waals surface area contributed by atoms with Crippen molar-refractivity contribution in [1.82, 2.24) is 0 Å². The Morgan fingerprint density at radius 1 is 0.649 bits per heavy atom. The normalized spacial score (nSPS) is 23.1. The molecule has 0 unspecified atom stereocenters. The molecule has 1 aliphatic heterocycles. The minimum atomic E-state index is -1.24. The Balaban J connectivity index is 2.73. The molecule has 0 amide bonds. The fourth-order valence-electron chi connectivity index (χ4n) is 3.96. The van der Waals surface area contributed by atoms with E-state index in [0.717, 1.165) is 52.4 Å². The zero-order chi connectivity index (χ0) is 27.8. The fourth-order valence-corrected chi connectivity index (χ4v) is 3.96. The number of unbranched alkanes of at least 4 members (excludes halogenated alkanes) is 7. The number of ether oxygens (including phenoxy) is 6. The monoisotopic (exact) mass is 532 g/mol. The SMILES string of the molecule is CC(=O)OC[C@H]1O[C@H](OCCCCCCCCCCC(=O)O)[C@H](OC(C)=O)[C@@H](OC(C)=O)[C@@H]1OC(C)=O. The van der Waals surface area contributed by atoms with Crippen LogP contribution in [0.1, 0.15) is 85.5 Å². The molecule has 1 fully saturated rings. The van der Waals surface area contributed by atoms with Crippen LogP contribution in [-0.4, -0.2) is 78.9 Å². The molecule has 1 heterocycles. The molecule has 12 heteroatoms. The number of carboxylic acids is 1. The summed E-state index contributed by atoms with van der Waals surface area (Å²) in [5.74, 6) is -3.43. The summed E-state index contributed by atoms with van der Waals surface area (Å²) >= 11 is 0. The average molecular weight is 533 g/mol. The molecule has 0 aromatic carbocycles. The molecule has 12 nitrogen and oxygen atoms in total. The first-order chi connectivity index (χ1) is 17.5. The van der Waals surface area contributed by atoms with Crippen LogP contribution in [0.25, 0.3) is 0 Å². The molecule has 0 radical (unpaired) electrons. The van der Waals surface area contributed by atoms with Gasteiger partial charge in [-0.3, -0.25) is 24.0 Å². The van der Waals surface area contributed by atoms with Gasteiger partial charge in [-0.1, -0.05) is 38.5 Å². The van der Waals surface area contributed by atoms with Crippen LogP contribution in [-0.2, 0) is 52.4 Å². The van der Waals surface area contributed by atoms with Crippen molar-refractivity contribution < 1.29 is 57.5 Å². The summed E-state index contributed by atoms with van der Waals surface area (Å²) in [5.41, 5.74) is 0. The Labute approximate surface area is 217 Å². The third-order valence-electron chi connectivity index (χ3n) is 5.52. The lowest BCUT2D eigenvalue weighted by molar-refractivity contribution is -0.308. The topological polar surface area (TPSA) is 161 Å². The molecule has 1 N–H and O–H groups in total. The van der Waals surface area contributed by atoms with Crippen molar-refractivity contribution in [2.24, 2.45) is 0 Å². The maximum atomic E-state index is 11.8. The molecule has 0 saturated carbocycles. The lowest BCUT2D eigenvalue weighted by atomic mass is 9.98. The standard InChI is InChI=1S/C25H40O12/c1-16(26)33-15-20-22(34-17(2)27)23(35-18(3)28)24(36-19(4)29)25(37-20)32-14-12-10-8-6-5-7-9-11-13-21(30)31/h20,22-25H,5-15H2,1-4H3,(H,30,31)/t20-,22-,23+,24-,25+/m1/s1. The number of carbonyl (C=O) groups is 5. The van der Waals surface area contributed by atoms with E-state index in [1.54, 1.807) is 0 Å². The van der Waals surface area contributed by atoms with Gasteiger partial charge in [-0.2, -0.15) is 0 Å². The Bertz CT molecular complexity index is 752. The molecule has 0 bridgehead atoms. The van der Waals surface area contributed by atoms with Gasteiger partial charge >= 0.3 is 29.8 Å². The van der Waals surface area contributed by atoms with E-state index >= 15 is 0 Å². The molecule has 1 saturated heterocycles. The molecule has 1 aliphatic rings. The summed E-state index contributed by atoms with van der Waals surface area (Å²) in [6.07, 6.45) is 1.52. The molecule has 0 spiro atoms. The third kappa shape index (κ3) is 14.0. The van der Waals surface area contributed by atoms with Crippen LogP contribution in [0.2, 0.25) is 0 Å². The molecular weight excluding hydrogens is 492 g/mol. The van der Waals surface area contributed by atoms with Crippen LogP contribution in [0, 0.1) is 0 Å². The Kier molecular flexibility index (Phi) is 15.4. The van der Waals surface area contributed by atoms with Crippen molar-refractivity contribution >= 4 is 29.8 Å². The van der Waals surface area contributed by atoms with Crippen molar-refractivity contribution in [2.75, 3.05) is 13.2 Å². The highest BCUT2D eigenvalue weighted by Gasteiger charge is 2.52. The van der Waals surface area contributed by atoms with Crippen molar-refractivity contribution in [3.63, 3.8) is 0 Å². The number of hydrogen-bond acceptors (Lipinski definition) is 11. The summed E-state index contributed by atoms with van der Waals surface area (Å²) < 4.78 is 32.8. The molecule has 37 heavy (non-hydrogen) atoms. The number of esters is 4. The number of rotatable bonds is 17. The largest absolute Gasteiger partial charge is 0.481 e. The highest BCUT2D eigenvalue weighted by atomic mass is 16.7. The number of aliphatic carboxylic acids is 1. The molecule has 1 rings (SSSR count). The van der Waals surface area contributed by atoms with Gasteiger partial charge in [0.25, 0.3) is 0 Å². The molecule has 212 valence electrons. The van der Waals surface area contributed by atoms with Gasteiger partial charge in [0.05, 0.1) is 0 Å². The zero-order valence-corrected chi connectivity index (χ0v) is 22.1. The third-order valence-corrected chi connectivity index (χ3v) is 5.52. The maximum Gasteiger partial charge on any atom is 0.303 e. The Hall–Kier alpha value is -2.73. The molecular formula is C25H40O12. The second kappa shape index (κ2) is 17.7. The molecule has 0 aliphatic carbocycles. The van der Waals surface area contributed by atoms with Crippen molar-refractivity contribution in [3.05, 3.63) is 0 Å². The first kappa shape index (κ1) is 32.3. The minimum absolute atomic E-state index is 0.205. The van der Waals surface area contributed by atoms with Crippen molar-refractivity contribution in [1.29, 1.82) is 0 Å². The van der Waals surface area contributed by atoms with Crippen molar-refractivity contribution in [2.45, 2.75) is 116 Å². The van der Waals surface area contributed by atoms with E-state index < -0.39 is 60.6 Å². The van der Waals surface area contributed by atoms with Crippen LogP contribution >= 0.6 is 0 Å². The van der Waals surface area contributed by atoms with E-state index in [9.17, 15) is 24.0 Å². The van der Waals surface area contributed by atoms with Gasteiger partial charge in [0.15, 0.2) is 24.6 Å². The molecule has 0 aromatic rings. The Morgan fingerprint density at radius 3 is 1.65 bits per heavy atom. The van der Waals surface area contributed by atoms with Crippen LogP contribution in [0.15, 0.2) is 0 Å². The quantitative estimate of drug-likeness (QED) is 0.166. The van der Waals surface area contributed by atoms with Gasteiger partial charge < -0.3 is 33.5 Å². The number of carboxylic acid groups (broad SMARTS) is 1. The van der Waals surface area contributed by atoms with E-state index in [-0.39, 0.29) is 19.6 Å². The van der Waals surface area contributed by atoms with Gasteiger partial charge in [-0.25, -0.2) is 0 Å². The second-order valence-corrected chi connectivity index (χ2v) is 8.91. The molecule has 5 atom stereocenters. The predicted octanol–water partition coefficient (Wildman–Crippen LogP) is 2.68. The smallest absolute Gasteiger partial charge is 0.303 e. The summed E-state index contributed by atoms with van der Waals surface area (Å²) in [7, 11) is 0. The Morgan fingerprint density at radius 2 is 1.14 bits per heavy atom. The maximum absolute atomic E-state index is 11.8. The lowest BCUT2D eigenvalue weighted by Crippen LogP contribution is -2.63. The number of carbonyl (C=O) groups excluding carboxylic acids is 4. The average Bonchev–Trinajstić information content (AvgIpc) is 2.78. The van der Waals surface area contributed by atoms with E-state index in [4.69, 9.17) is 33.5 Å². The van der Waals surface area contributed by atoms with Gasteiger partial charge in [0, 0.05) is 40.7 Å². The van der Waals surface area contributed by atoms with Gasteiger partial charge in [0.2, 0.25) is 0 Å². The summed E-state index contributed by atoms with van der Waals surface area (Å²) in [4.78, 5) is 57.3. The van der Waals surface area contributed by atoms with Crippen LogP contribution in [0.3, 0.4) is 0 Å². The summed E-state index contributed by atoms with van der Waals surface area (Å²) in [5, 5.41) is 8.65. The first-order valence-electron chi connectivity index (χ1n) is 12.6. The summed E-state index contributed by atoms with van der Waals surface area (Å²) in [6, 6.07) is 0. The second-order valence-electron chi connectivity index (χ2n) is 8.91.